The van der Waals surface area contributed by atoms with Crippen LogP contribution in [0.15, 0.2) is 36.4 Å². The van der Waals surface area contributed by atoms with Gasteiger partial charge in [0.2, 0.25) is 11.8 Å². The van der Waals surface area contributed by atoms with Crippen molar-refractivity contribution < 1.29 is 19.1 Å². The molecule has 7 nitrogen and oxygen atoms in total. The lowest BCUT2D eigenvalue weighted by molar-refractivity contribution is -0.122. The number of benzene rings is 2. The number of carbonyl (C=O) groups excluding carboxylic acids is 2. The summed E-state index contributed by atoms with van der Waals surface area (Å²) < 4.78 is 10.5. The SMILES string of the molecule is COc1ccc(N)c(NC(=O)C2CC(=O)N(c3cc(C)ccc3OC)C2)c1. The van der Waals surface area contributed by atoms with Gasteiger partial charge in [0.15, 0.2) is 0 Å². The van der Waals surface area contributed by atoms with Gasteiger partial charge >= 0.3 is 0 Å². The van der Waals surface area contributed by atoms with E-state index in [0.29, 0.717) is 28.6 Å². The molecule has 2 amide bonds. The molecule has 2 aromatic carbocycles. The van der Waals surface area contributed by atoms with Gasteiger partial charge < -0.3 is 25.4 Å². The summed E-state index contributed by atoms with van der Waals surface area (Å²) in [6, 6.07) is 10.7. The number of ether oxygens (including phenoxy) is 2. The van der Waals surface area contributed by atoms with Crippen molar-refractivity contribution in [1.29, 1.82) is 0 Å². The predicted octanol–water partition coefficient (Wildman–Crippen LogP) is 2.59. The Balaban J connectivity index is 1.78. The fourth-order valence-corrected chi connectivity index (χ4v) is 3.13. The standard InChI is InChI=1S/C20H23N3O4/c1-12-4-7-18(27-3)17(8-12)23-11-13(9-19(23)24)20(25)22-16-10-14(26-2)5-6-15(16)21/h4-8,10,13H,9,11,21H2,1-3H3,(H,22,25). The minimum absolute atomic E-state index is 0.113. The maximum absolute atomic E-state index is 12.7. The number of methoxy groups -OCH3 is 2. The normalized spacial score (nSPS) is 16.3. The molecular formula is C20H23N3O4. The highest BCUT2D eigenvalue weighted by Crippen LogP contribution is 2.34. The van der Waals surface area contributed by atoms with Crippen molar-refractivity contribution in [2.24, 2.45) is 5.92 Å². The molecule has 142 valence electrons. The van der Waals surface area contributed by atoms with Crippen LogP contribution in [0.25, 0.3) is 0 Å². The van der Waals surface area contributed by atoms with E-state index in [9.17, 15) is 9.59 Å². The zero-order valence-electron chi connectivity index (χ0n) is 15.6. The number of hydrogen-bond acceptors (Lipinski definition) is 5. The third-order valence-electron chi connectivity index (χ3n) is 4.64. The Morgan fingerprint density at radius 2 is 1.96 bits per heavy atom. The van der Waals surface area contributed by atoms with Crippen LogP contribution in [0.5, 0.6) is 11.5 Å². The molecule has 0 bridgehead atoms. The van der Waals surface area contributed by atoms with E-state index < -0.39 is 5.92 Å². The van der Waals surface area contributed by atoms with Gasteiger partial charge in [0.1, 0.15) is 11.5 Å². The summed E-state index contributed by atoms with van der Waals surface area (Å²) in [4.78, 5) is 26.8. The van der Waals surface area contributed by atoms with Crippen LogP contribution >= 0.6 is 0 Å². The molecule has 3 rings (SSSR count). The lowest BCUT2D eigenvalue weighted by Gasteiger charge is -2.20. The number of nitrogens with two attached hydrogens (primary N) is 1. The molecule has 1 aliphatic rings. The van der Waals surface area contributed by atoms with Crippen molar-refractivity contribution in [3.05, 3.63) is 42.0 Å². The Morgan fingerprint density at radius 1 is 1.19 bits per heavy atom. The monoisotopic (exact) mass is 369 g/mol. The van der Waals surface area contributed by atoms with E-state index in [4.69, 9.17) is 15.2 Å². The highest BCUT2D eigenvalue weighted by atomic mass is 16.5. The molecule has 2 aromatic rings. The smallest absolute Gasteiger partial charge is 0.229 e. The van der Waals surface area contributed by atoms with Crippen molar-refractivity contribution in [2.45, 2.75) is 13.3 Å². The number of rotatable bonds is 5. The molecule has 0 spiro atoms. The lowest BCUT2D eigenvalue weighted by Crippen LogP contribution is -2.28. The number of nitrogens with zero attached hydrogens (tertiary/aromatic N) is 1. The molecule has 7 heteroatoms. The minimum Gasteiger partial charge on any atom is -0.497 e. The maximum atomic E-state index is 12.7. The summed E-state index contributed by atoms with van der Waals surface area (Å²) in [5.74, 6) is 0.351. The molecule has 1 unspecified atom stereocenters. The van der Waals surface area contributed by atoms with Gasteiger partial charge in [-0.3, -0.25) is 9.59 Å². The average molecular weight is 369 g/mol. The molecular weight excluding hydrogens is 346 g/mol. The van der Waals surface area contributed by atoms with E-state index in [1.165, 1.54) is 0 Å². The largest absolute Gasteiger partial charge is 0.497 e. The highest BCUT2D eigenvalue weighted by Gasteiger charge is 2.36. The van der Waals surface area contributed by atoms with Gasteiger partial charge in [-0.2, -0.15) is 0 Å². The second-order valence-electron chi connectivity index (χ2n) is 6.52. The summed E-state index contributed by atoms with van der Waals surface area (Å²) in [6.07, 6.45) is 0.132. The fourth-order valence-electron chi connectivity index (χ4n) is 3.13. The van der Waals surface area contributed by atoms with E-state index >= 15 is 0 Å². The van der Waals surface area contributed by atoms with Crippen LogP contribution in [0.1, 0.15) is 12.0 Å². The van der Waals surface area contributed by atoms with Gasteiger partial charge in [-0.25, -0.2) is 0 Å². The first-order valence-electron chi connectivity index (χ1n) is 8.62. The maximum Gasteiger partial charge on any atom is 0.229 e. The molecule has 27 heavy (non-hydrogen) atoms. The topological polar surface area (TPSA) is 93.9 Å². The summed E-state index contributed by atoms with van der Waals surface area (Å²) in [5.41, 5.74) is 8.52. The molecule has 1 heterocycles. The molecule has 3 N–H and O–H groups in total. The van der Waals surface area contributed by atoms with E-state index in [0.717, 1.165) is 5.56 Å². The van der Waals surface area contributed by atoms with E-state index in [1.54, 1.807) is 37.3 Å². The lowest BCUT2D eigenvalue weighted by atomic mass is 10.1. The van der Waals surface area contributed by atoms with Crippen LogP contribution < -0.4 is 25.4 Å². The van der Waals surface area contributed by atoms with Gasteiger partial charge in [-0.15, -0.1) is 0 Å². The molecule has 1 atom stereocenters. The third-order valence-corrected chi connectivity index (χ3v) is 4.64. The predicted molar refractivity (Wildman–Crippen MR) is 104 cm³/mol. The molecule has 1 aliphatic heterocycles. The third kappa shape index (κ3) is 3.81. The van der Waals surface area contributed by atoms with E-state index in [1.807, 2.05) is 25.1 Å². The van der Waals surface area contributed by atoms with Gasteiger partial charge in [-0.1, -0.05) is 6.07 Å². The van der Waals surface area contributed by atoms with Crippen LogP contribution in [-0.4, -0.2) is 32.6 Å². The van der Waals surface area contributed by atoms with E-state index in [2.05, 4.69) is 5.32 Å². The van der Waals surface area contributed by atoms with Crippen LogP contribution in [-0.2, 0) is 9.59 Å². The second kappa shape index (κ2) is 7.57. The molecule has 1 saturated heterocycles. The highest BCUT2D eigenvalue weighted by molar-refractivity contribution is 6.05. The zero-order chi connectivity index (χ0) is 19.6. The Hall–Kier alpha value is -3.22. The number of nitrogens with one attached hydrogen (secondary N) is 1. The van der Waals surface area contributed by atoms with Crippen molar-refractivity contribution in [3.63, 3.8) is 0 Å². The van der Waals surface area contributed by atoms with Crippen molar-refractivity contribution >= 4 is 28.9 Å². The van der Waals surface area contributed by atoms with Crippen LogP contribution in [0.3, 0.4) is 0 Å². The Morgan fingerprint density at radius 3 is 2.67 bits per heavy atom. The number of aryl methyl sites for hydroxylation is 1. The van der Waals surface area contributed by atoms with Crippen LogP contribution in [0, 0.1) is 12.8 Å². The Kier molecular flexibility index (Phi) is 5.21. The molecule has 0 radical (unpaired) electrons. The summed E-state index contributed by atoms with van der Waals surface area (Å²) in [7, 11) is 3.10. The zero-order valence-corrected chi connectivity index (χ0v) is 15.6. The minimum atomic E-state index is -0.478. The van der Waals surface area contributed by atoms with Crippen molar-refractivity contribution in [3.8, 4) is 11.5 Å². The number of nitrogen functional groups attached to an aromatic ring is 1. The average Bonchev–Trinajstić information content (AvgIpc) is 3.05. The summed E-state index contributed by atoms with van der Waals surface area (Å²) >= 11 is 0. The molecule has 0 aromatic heterocycles. The Labute approximate surface area is 158 Å². The van der Waals surface area contributed by atoms with Gasteiger partial charge in [-0.05, 0) is 36.8 Å². The first-order chi connectivity index (χ1) is 12.9. The number of amides is 2. The van der Waals surface area contributed by atoms with Gasteiger partial charge in [0.05, 0.1) is 37.2 Å². The van der Waals surface area contributed by atoms with E-state index in [-0.39, 0.29) is 24.8 Å². The van der Waals surface area contributed by atoms with Gasteiger partial charge in [0, 0.05) is 19.0 Å². The number of carbonyl (C=O) groups is 2. The van der Waals surface area contributed by atoms with Crippen molar-refractivity contribution in [2.75, 3.05) is 36.7 Å². The van der Waals surface area contributed by atoms with Gasteiger partial charge in [0.25, 0.3) is 0 Å². The fraction of sp³-hybridized carbons (Fsp3) is 0.300. The number of hydrogen-bond donors (Lipinski definition) is 2. The molecule has 0 aliphatic carbocycles. The van der Waals surface area contributed by atoms with Crippen molar-refractivity contribution in [1.82, 2.24) is 0 Å². The first kappa shape index (κ1) is 18.6. The number of anilines is 3. The summed E-state index contributed by atoms with van der Waals surface area (Å²) in [5, 5.41) is 2.81. The molecule has 1 fully saturated rings. The first-order valence-corrected chi connectivity index (χ1v) is 8.62. The van der Waals surface area contributed by atoms with Crippen LogP contribution in [0.4, 0.5) is 17.1 Å². The quantitative estimate of drug-likeness (QED) is 0.790. The van der Waals surface area contributed by atoms with Crippen LogP contribution in [0.2, 0.25) is 0 Å². The Bertz CT molecular complexity index is 882. The summed E-state index contributed by atoms with van der Waals surface area (Å²) in [6.45, 7) is 2.23. The second-order valence-corrected chi connectivity index (χ2v) is 6.52. The molecule has 0 saturated carbocycles.